The van der Waals surface area contributed by atoms with E-state index in [9.17, 15) is 9.59 Å². The summed E-state index contributed by atoms with van der Waals surface area (Å²) >= 11 is 0. The highest BCUT2D eigenvalue weighted by atomic mass is 16.5. The number of carboxylic acid groups (broad SMARTS) is 1. The Labute approximate surface area is 143 Å². The van der Waals surface area contributed by atoms with Crippen molar-refractivity contribution in [1.29, 1.82) is 0 Å². The molecular formula is C19H27NO4. The molecule has 1 aromatic rings. The lowest BCUT2D eigenvalue weighted by molar-refractivity contribution is -0.140. The standard InChI is InChI=1S/C19H27NO4/c1-4-20(12-9-17(21)22)18(23)19(10-5-6-11-19)15-8-7-14(2)16(13-15)24-3/h7-8,13H,4-6,9-12H2,1-3H3,(H,21,22). The second kappa shape index (κ2) is 7.69. The zero-order chi connectivity index (χ0) is 17.7. The normalized spacial score (nSPS) is 16.0. The van der Waals surface area contributed by atoms with Crippen LogP contribution in [0.5, 0.6) is 5.75 Å². The van der Waals surface area contributed by atoms with Crippen molar-refractivity contribution < 1.29 is 19.4 Å². The Hall–Kier alpha value is -2.04. The molecule has 1 N–H and O–H groups in total. The highest BCUT2D eigenvalue weighted by Gasteiger charge is 2.44. The van der Waals surface area contributed by atoms with E-state index in [2.05, 4.69) is 0 Å². The number of methoxy groups -OCH3 is 1. The number of likely N-dealkylation sites (N-methyl/N-ethyl adjacent to an activating group) is 1. The van der Waals surface area contributed by atoms with Crippen molar-refractivity contribution in [3.8, 4) is 5.75 Å². The van der Waals surface area contributed by atoms with Gasteiger partial charge in [0.15, 0.2) is 0 Å². The highest BCUT2D eigenvalue weighted by Crippen LogP contribution is 2.44. The summed E-state index contributed by atoms with van der Waals surface area (Å²) in [4.78, 5) is 25.9. The van der Waals surface area contributed by atoms with Gasteiger partial charge in [-0.3, -0.25) is 9.59 Å². The molecule has 0 atom stereocenters. The second-order valence-electron chi connectivity index (χ2n) is 6.50. The van der Waals surface area contributed by atoms with Gasteiger partial charge in [-0.1, -0.05) is 25.0 Å². The average Bonchev–Trinajstić information content (AvgIpc) is 3.06. The van der Waals surface area contributed by atoms with Gasteiger partial charge in [0.1, 0.15) is 5.75 Å². The van der Waals surface area contributed by atoms with Crippen molar-refractivity contribution in [3.63, 3.8) is 0 Å². The van der Waals surface area contributed by atoms with Crippen LogP contribution in [0.4, 0.5) is 0 Å². The molecule has 0 aromatic heterocycles. The highest BCUT2D eigenvalue weighted by molar-refractivity contribution is 5.89. The molecule has 5 heteroatoms. The van der Waals surface area contributed by atoms with Gasteiger partial charge in [0.05, 0.1) is 18.9 Å². The van der Waals surface area contributed by atoms with E-state index in [-0.39, 0.29) is 18.9 Å². The fraction of sp³-hybridized carbons (Fsp3) is 0.579. The number of nitrogens with zero attached hydrogens (tertiary/aromatic N) is 1. The molecule has 1 saturated carbocycles. The molecule has 1 aromatic carbocycles. The van der Waals surface area contributed by atoms with Crippen LogP contribution < -0.4 is 4.74 Å². The Bertz CT molecular complexity index is 605. The Morgan fingerprint density at radius 3 is 2.50 bits per heavy atom. The number of benzene rings is 1. The summed E-state index contributed by atoms with van der Waals surface area (Å²) in [5.41, 5.74) is 1.48. The summed E-state index contributed by atoms with van der Waals surface area (Å²) in [6.07, 6.45) is 3.62. The third-order valence-electron chi connectivity index (χ3n) is 5.09. The van der Waals surface area contributed by atoms with Gasteiger partial charge < -0.3 is 14.7 Å². The van der Waals surface area contributed by atoms with E-state index in [0.717, 1.165) is 42.6 Å². The zero-order valence-electron chi connectivity index (χ0n) is 14.8. The van der Waals surface area contributed by atoms with Gasteiger partial charge in [-0.05, 0) is 43.9 Å². The molecule has 5 nitrogen and oxygen atoms in total. The molecule has 1 aliphatic rings. The van der Waals surface area contributed by atoms with Crippen LogP contribution in [0.2, 0.25) is 0 Å². The molecule has 24 heavy (non-hydrogen) atoms. The molecule has 0 spiro atoms. The van der Waals surface area contributed by atoms with Gasteiger partial charge >= 0.3 is 5.97 Å². The molecule has 0 unspecified atom stereocenters. The average molecular weight is 333 g/mol. The first-order valence-corrected chi connectivity index (χ1v) is 8.61. The number of rotatable bonds is 7. The molecule has 132 valence electrons. The van der Waals surface area contributed by atoms with E-state index < -0.39 is 11.4 Å². The number of hydrogen-bond acceptors (Lipinski definition) is 3. The van der Waals surface area contributed by atoms with E-state index in [1.54, 1.807) is 12.0 Å². The first-order valence-electron chi connectivity index (χ1n) is 8.61. The molecule has 0 aliphatic heterocycles. The number of amides is 1. The van der Waals surface area contributed by atoms with Crippen LogP contribution >= 0.6 is 0 Å². The SMILES string of the molecule is CCN(CCC(=O)O)C(=O)C1(c2ccc(C)c(OC)c2)CCCC1. The summed E-state index contributed by atoms with van der Waals surface area (Å²) in [5, 5.41) is 8.93. The van der Waals surface area contributed by atoms with Gasteiger partial charge in [-0.2, -0.15) is 0 Å². The number of aryl methyl sites for hydroxylation is 1. The van der Waals surface area contributed by atoms with Crippen LogP contribution in [-0.4, -0.2) is 42.1 Å². The fourth-order valence-corrected chi connectivity index (χ4v) is 3.66. The predicted molar refractivity (Wildman–Crippen MR) is 92.4 cm³/mol. The molecular weight excluding hydrogens is 306 g/mol. The first kappa shape index (κ1) is 18.3. The minimum atomic E-state index is -0.876. The zero-order valence-corrected chi connectivity index (χ0v) is 14.8. The fourth-order valence-electron chi connectivity index (χ4n) is 3.66. The third-order valence-corrected chi connectivity index (χ3v) is 5.09. The maximum atomic E-state index is 13.3. The van der Waals surface area contributed by atoms with Gasteiger partial charge in [-0.15, -0.1) is 0 Å². The number of hydrogen-bond donors (Lipinski definition) is 1. The smallest absolute Gasteiger partial charge is 0.305 e. The lowest BCUT2D eigenvalue weighted by Crippen LogP contribution is -2.46. The summed E-state index contributed by atoms with van der Waals surface area (Å²) in [5.74, 6) is -0.0338. The molecule has 0 heterocycles. The third kappa shape index (κ3) is 3.55. The minimum absolute atomic E-state index is 0.0210. The first-order chi connectivity index (χ1) is 11.4. The monoisotopic (exact) mass is 333 g/mol. The summed E-state index contributed by atoms with van der Waals surface area (Å²) in [7, 11) is 1.64. The maximum Gasteiger partial charge on any atom is 0.305 e. The van der Waals surface area contributed by atoms with E-state index in [1.165, 1.54) is 0 Å². The maximum absolute atomic E-state index is 13.3. The van der Waals surface area contributed by atoms with Crippen LogP contribution in [0, 0.1) is 6.92 Å². The van der Waals surface area contributed by atoms with Gasteiger partial charge in [-0.25, -0.2) is 0 Å². The molecule has 1 amide bonds. The van der Waals surface area contributed by atoms with E-state index >= 15 is 0 Å². The van der Waals surface area contributed by atoms with Crippen molar-refractivity contribution in [2.24, 2.45) is 0 Å². The lowest BCUT2D eigenvalue weighted by atomic mass is 9.77. The van der Waals surface area contributed by atoms with Gasteiger partial charge in [0.2, 0.25) is 5.91 Å². The van der Waals surface area contributed by atoms with E-state index in [0.29, 0.717) is 6.54 Å². The van der Waals surface area contributed by atoms with E-state index in [4.69, 9.17) is 9.84 Å². The van der Waals surface area contributed by atoms with Crippen molar-refractivity contribution >= 4 is 11.9 Å². The number of carbonyl (C=O) groups excluding carboxylic acids is 1. The van der Waals surface area contributed by atoms with Gasteiger partial charge in [0.25, 0.3) is 0 Å². The van der Waals surface area contributed by atoms with Crippen molar-refractivity contribution in [2.75, 3.05) is 20.2 Å². The lowest BCUT2D eigenvalue weighted by Gasteiger charge is -2.34. The van der Waals surface area contributed by atoms with Gasteiger partial charge in [0, 0.05) is 13.1 Å². The van der Waals surface area contributed by atoms with Crippen LogP contribution in [-0.2, 0) is 15.0 Å². The Balaban J connectivity index is 2.36. The quantitative estimate of drug-likeness (QED) is 0.832. The number of ether oxygens (including phenoxy) is 1. The molecule has 0 bridgehead atoms. The number of carbonyl (C=O) groups is 2. The molecule has 0 saturated heterocycles. The van der Waals surface area contributed by atoms with Crippen LogP contribution in [0.1, 0.15) is 50.2 Å². The molecule has 1 aliphatic carbocycles. The van der Waals surface area contributed by atoms with E-state index in [1.807, 2.05) is 32.0 Å². The Morgan fingerprint density at radius 2 is 1.96 bits per heavy atom. The summed E-state index contributed by atoms with van der Waals surface area (Å²) in [6.45, 7) is 4.67. The predicted octanol–water partition coefficient (Wildman–Crippen LogP) is 3.14. The van der Waals surface area contributed by atoms with Crippen LogP contribution in [0.3, 0.4) is 0 Å². The van der Waals surface area contributed by atoms with Crippen molar-refractivity contribution in [2.45, 2.75) is 51.4 Å². The van der Waals surface area contributed by atoms with Crippen molar-refractivity contribution in [3.05, 3.63) is 29.3 Å². The van der Waals surface area contributed by atoms with Crippen LogP contribution in [0.25, 0.3) is 0 Å². The number of carboxylic acids is 1. The minimum Gasteiger partial charge on any atom is -0.496 e. The Morgan fingerprint density at radius 1 is 1.29 bits per heavy atom. The largest absolute Gasteiger partial charge is 0.496 e. The van der Waals surface area contributed by atoms with Crippen molar-refractivity contribution in [1.82, 2.24) is 4.90 Å². The molecule has 1 fully saturated rings. The Kier molecular flexibility index (Phi) is 5.86. The summed E-state index contributed by atoms with van der Waals surface area (Å²) < 4.78 is 5.43. The summed E-state index contributed by atoms with van der Waals surface area (Å²) in [6, 6.07) is 5.99. The molecule has 2 rings (SSSR count). The topological polar surface area (TPSA) is 66.8 Å². The second-order valence-corrected chi connectivity index (χ2v) is 6.50. The van der Waals surface area contributed by atoms with Crippen LogP contribution in [0.15, 0.2) is 18.2 Å². The number of aliphatic carboxylic acids is 1. The molecule has 0 radical (unpaired) electrons.